The van der Waals surface area contributed by atoms with Crippen LogP contribution in [0.15, 0.2) is 16.6 Å². The molecule has 1 aromatic carbocycles. The fourth-order valence-corrected chi connectivity index (χ4v) is 3.44. The number of carbonyl (C=O) groups is 1. The minimum Gasteiger partial charge on any atom is -0.387 e. The molecule has 1 heterocycles. The highest BCUT2D eigenvalue weighted by Gasteiger charge is 2.31. The summed E-state index contributed by atoms with van der Waals surface area (Å²) in [6.45, 7) is 4.08. The molecule has 0 atom stereocenters. The van der Waals surface area contributed by atoms with Crippen LogP contribution in [-0.2, 0) is 10.7 Å². The molecule has 0 saturated heterocycles. The number of allylic oxidation sites excluding steroid dienone is 1. The van der Waals surface area contributed by atoms with E-state index in [4.69, 9.17) is 0 Å². The highest BCUT2D eigenvalue weighted by molar-refractivity contribution is 9.10. The first-order chi connectivity index (χ1) is 11.6. The number of H-pyrrole nitrogens is 1. The van der Waals surface area contributed by atoms with Gasteiger partial charge in [-0.05, 0) is 53.5 Å². The quantitative estimate of drug-likeness (QED) is 0.506. The molecule has 0 aliphatic rings. The van der Waals surface area contributed by atoms with Crippen LogP contribution in [0.2, 0.25) is 0 Å². The average Bonchev–Trinajstić information content (AvgIpc) is 2.78. The second-order valence-electron chi connectivity index (χ2n) is 5.83. The lowest BCUT2D eigenvalue weighted by Crippen LogP contribution is -2.09. The smallest absolute Gasteiger partial charge is 0.272 e. The van der Waals surface area contributed by atoms with E-state index in [1.54, 1.807) is 20.9 Å². The van der Waals surface area contributed by atoms with E-state index in [0.29, 0.717) is 27.7 Å². The van der Waals surface area contributed by atoms with Crippen molar-refractivity contribution in [1.82, 2.24) is 4.98 Å². The summed E-state index contributed by atoms with van der Waals surface area (Å²) in [6, 6.07) is 2.44. The lowest BCUT2D eigenvalue weighted by Gasteiger charge is -2.14. The fraction of sp³-hybridized carbons (Fsp3) is 0.278. The van der Waals surface area contributed by atoms with Crippen molar-refractivity contribution in [3.05, 3.63) is 50.5 Å². The number of anilines is 1. The SMILES string of the molecule is CNc1c(Br)cc(F)cc1/C(C=O)=C/c1[nH]c(C)c(C)c1C(C)(F)F. The number of benzene rings is 1. The molecule has 0 saturated carbocycles. The molecular formula is C18H18BrF3N2O. The van der Waals surface area contributed by atoms with Gasteiger partial charge in [-0.15, -0.1) is 0 Å². The molecule has 0 radical (unpaired) electrons. The van der Waals surface area contributed by atoms with E-state index in [0.717, 1.165) is 6.92 Å². The van der Waals surface area contributed by atoms with E-state index in [9.17, 15) is 18.0 Å². The Morgan fingerprint density at radius 3 is 2.48 bits per heavy atom. The Kier molecular flexibility index (Phi) is 5.46. The van der Waals surface area contributed by atoms with Crippen molar-refractivity contribution in [1.29, 1.82) is 0 Å². The van der Waals surface area contributed by atoms with Crippen LogP contribution in [0.3, 0.4) is 0 Å². The number of alkyl halides is 2. The molecule has 7 heteroatoms. The molecule has 3 nitrogen and oxygen atoms in total. The molecule has 2 N–H and O–H groups in total. The molecule has 0 aliphatic heterocycles. The molecule has 1 aromatic heterocycles. The van der Waals surface area contributed by atoms with Crippen LogP contribution in [0.1, 0.15) is 35.0 Å². The van der Waals surface area contributed by atoms with Crippen molar-refractivity contribution in [3.63, 3.8) is 0 Å². The van der Waals surface area contributed by atoms with Gasteiger partial charge in [-0.2, -0.15) is 0 Å². The van der Waals surface area contributed by atoms with E-state index < -0.39 is 11.7 Å². The number of aldehydes is 1. The summed E-state index contributed by atoms with van der Waals surface area (Å²) in [5, 5.41) is 2.88. The second kappa shape index (κ2) is 7.07. The van der Waals surface area contributed by atoms with Gasteiger partial charge < -0.3 is 10.3 Å². The maximum atomic E-state index is 14.0. The number of hydrogen-bond acceptors (Lipinski definition) is 2. The molecule has 25 heavy (non-hydrogen) atoms. The molecule has 2 rings (SSSR count). The summed E-state index contributed by atoms with van der Waals surface area (Å²) in [4.78, 5) is 14.5. The molecule has 0 bridgehead atoms. The Morgan fingerprint density at radius 1 is 1.32 bits per heavy atom. The molecule has 0 spiro atoms. The standard InChI is InChI=1S/C18H18BrF3N2O/c1-9-10(2)24-15(16(9)18(3,21)22)5-11(8-25)13-6-12(20)7-14(19)17(13)23-4/h5-8,23-24H,1-4H3/b11-5+. The predicted octanol–water partition coefficient (Wildman–Crippen LogP) is 5.43. The van der Waals surface area contributed by atoms with E-state index in [1.807, 2.05) is 0 Å². The third kappa shape index (κ3) is 3.81. The van der Waals surface area contributed by atoms with Crippen molar-refractivity contribution < 1.29 is 18.0 Å². The zero-order valence-electron chi connectivity index (χ0n) is 14.2. The number of hydrogen-bond donors (Lipinski definition) is 2. The fourth-order valence-electron chi connectivity index (χ4n) is 2.81. The molecular weight excluding hydrogens is 397 g/mol. The largest absolute Gasteiger partial charge is 0.387 e. The van der Waals surface area contributed by atoms with Gasteiger partial charge in [0, 0.05) is 46.5 Å². The Bertz CT molecular complexity index is 851. The number of halogens is 4. The van der Waals surface area contributed by atoms with Crippen LogP contribution in [0, 0.1) is 19.7 Å². The van der Waals surface area contributed by atoms with Gasteiger partial charge in [0.15, 0.2) is 6.29 Å². The van der Waals surface area contributed by atoms with E-state index in [2.05, 4.69) is 26.2 Å². The maximum absolute atomic E-state index is 14.0. The Balaban J connectivity index is 2.73. The van der Waals surface area contributed by atoms with Crippen LogP contribution >= 0.6 is 15.9 Å². The highest BCUT2D eigenvalue weighted by Crippen LogP contribution is 2.37. The first-order valence-corrected chi connectivity index (χ1v) is 8.31. The lowest BCUT2D eigenvalue weighted by molar-refractivity contribution is -0.103. The number of nitrogens with one attached hydrogen (secondary N) is 2. The molecule has 0 fully saturated rings. The zero-order valence-corrected chi connectivity index (χ0v) is 15.8. The molecule has 134 valence electrons. The summed E-state index contributed by atoms with van der Waals surface area (Å²) in [5.41, 5.74) is 1.82. The van der Waals surface area contributed by atoms with Gasteiger partial charge in [0.2, 0.25) is 0 Å². The number of rotatable bonds is 5. The number of aromatic nitrogens is 1. The summed E-state index contributed by atoms with van der Waals surface area (Å²) in [5.74, 6) is -3.63. The Morgan fingerprint density at radius 2 is 1.96 bits per heavy atom. The van der Waals surface area contributed by atoms with Crippen LogP contribution in [0.5, 0.6) is 0 Å². The summed E-state index contributed by atoms with van der Waals surface area (Å²) >= 11 is 3.23. The van der Waals surface area contributed by atoms with Crippen molar-refractivity contribution in [2.75, 3.05) is 12.4 Å². The minimum atomic E-state index is -3.08. The van der Waals surface area contributed by atoms with E-state index in [-0.39, 0.29) is 22.4 Å². The van der Waals surface area contributed by atoms with Gasteiger partial charge in [0.1, 0.15) is 5.82 Å². The number of aryl methyl sites for hydroxylation is 1. The van der Waals surface area contributed by atoms with Gasteiger partial charge >= 0.3 is 0 Å². The third-order valence-electron chi connectivity index (χ3n) is 4.01. The normalized spacial score (nSPS) is 12.4. The van der Waals surface area contributed by atoms with Crippen molar-refractivity contribution in [3.8, 4) is 0 Å². The lowest BCUT2D eigenvalue weighted by atomic mass is 9.99. The minimum absolute atomic E-state index is 0.0799. The van der Waals surface area contributed by atoms with Gasteiger partial charge in [0.05, 0.1) is 5.69 Å². The van der Waals surface area contributed by atoms with Crippen LogP contribution in [-0.4, -0.2) is 18.3 Å². The first-order valence-electron chi connectivity index (χ1n) is 7.51. The maximum Gasteiger partial charge on any atom is 0.272 e. The predicted molar refractivity (Wildman–Crippen MR) is 97.4 cm³/mol. The molecule has 0 unspecified atom stereocenters. The highest BCUT2D eigenvalue weighted by atomic mass is 79.9. The summed E-state index contributed by atoms with van der Waals surface area (Å²) < 4.78 is 42.2. The van der Waals surface area contributed by atoms with Gasteiger partial charge in [-0.25, -0.2) is 13.2 Å². The van der Waals surface area contributed by atoms with Crippen LogP contribution < -0.4 is 5.32 Å². The van der Waals surface area contributed by atoms with Crippen molar-refractivity contribution in [2.45, 2.75) is 26.7 Å². The van der Waals surface area contributed by atoms with Crippen LogP contribution in [0.25, 0.3) is 11.6 Å². The van der Waals surface area contributed by atoms with E-state index >= 15 is 0 Å². The summed E-state index contributed by atoms with van der Waals surface area (Å²) in [6.07, 6.45) is 1.84. The first kappa shape index (κ1) is 19.3. The van der Waals surface area contributed by atoms with E-state index in [1.165, 1.54) is 18.2 Å². The van der Waals surface area contributed by atoms with Gasteiger partial charge in [0.25, 0.3) is 5.92 Å². The van der Waals surface area contributed by atoms with Gasteiger partial charge in [-0.3, -0.25) is 4.79 Å². The topological polar surface area (TPSA) is 44.9 Å². The Hall–Kier alpha value is -2.02. The van der Waals surface area contributed by atoms with Gasteiger partial charge in [-0.1, -0.05) is 0 Å². The Labute approximate surface area is 152 Å². The molecule has 2 aromatic rings. The summed E-state index contributed by atoms with van der Waals surface area (Å²) in [7, 11) is 1.62. The third-order valence-corrected chi connectivity index (χ3v) is 4.64. The van der Waals surface area contributed by atoms with Crippen LogP contribution in [0.4, 0.5) is 18.9 Å². The molecule has 0 aliphatic carbocycles. The van der Waals surface area contributed by atoms with Crippen molar-refractivity contribution >= 4 is 39.6 Å². The second-order valence-corrected chi connectivity index (χ2v) is 6.68. The average molecular weight is 415 g/mol. The molecule has 0 amide bonds. The zero-order chi connectivity index (χ0) is 18.9. The van der Waals surface area contributed by atoms with Crippen molar-refractivity contribution in [2.24, 2.45) is 0 Å². The number of carbonyl (C=O) groups excluding carboxylic acids is 1. The monoisotopic (exact) mass is 414 g/mol. The number of aromatic amines is 1.